The number of aliphatic hydroxyl groups excluding tert-OH is 1. The van der Waals surface area contributed by atoms with Crippen molar-refractivity contribution < 1.29 is 13.9 Å². The van der Waals surface area contributed by atoms with Crippen LogP contribution in [0.1, 0.15) is 18.4 Å². The van der Waals surface area contributed by atoms with E-state index in [1.54, 1.807) is 23.1 Å². The first-order valence-electron chi connectivity index (χ1n) is 7.12. The molecular formula is C15H22F2N2O. The van der Waals surface area contributed by atoms with Crippen molar-refractivity contribution in [2.24, 2.45) is 0 Å². The summed E-state index contributed by atoms with van der Waals surface area (Å²) in [7, 11) is 0. The molecule has 0 amide bonds. The fraction of sp³-hybridized carbons (Fsp3) is 0.600. The minimum absolute atomic E-state index is 0.0299. The van der Waals surface area contributed by atoms with Crippen LogP contribution >= 0.6 is 0 Å². The van der Waals surface area contributed by atoms with E-state index in [1.165, 1.54) is 12.1 Å². The Morgan fingerprint density at radius 3 is 2.65 bits per heavy atom. The van der Waals surface area contributed by atoms with E-state index in [0.717, 1.165) is 19.4 Å². The number of aliphatic hydroxyl groups is 1. The van der Waals surface area contributed by atoms with E-state index < -0.39 is 5.92 Å². The van der Waals surface area contributed by atoms with Gasteiger partial charge in [-0.3, -0.25) is 4.90 Å². The van der Waals surface area contributed by atoms with E-state index in [4.69, 9.17) is 5.11 Å². The molecule has 1 saturated heterocycles. The van der Waals surface area contributed by atoms with Gasteiger partial charge in [-0.25, -0.2) is 0 Å². The highest BCUT2D eigenvalue weighted by Crippen LogP contribution is 2.28. The minimum atomic E-state index is -2.89. The standard InChI is InChI=1S/C15H22F2N2O/c16-15(17,13-5-2-1-3-6-13)12-19(9-10-20)11-14-7-4-8-18-14/h1-3,5-6,14,18,20H,4,7-12H2. The monoisotopic (exact) mass is 284 g/mol. The van der Waals surface area contributed by atoms with Crippen LogP contribution in [-0.4, -0.2) is 48.8 Å². The van der Waals surface area contributed by atoms with Crippen LogP contribution in [0.2, 0.25) is 0 Å². The molecule has 1 aliphatic heterocycles. The molecule has 3 nitrogen and oxygen atoms in total. The van der Waals surface area contributed by atoms with Crippen molar-refractivity contribution >= 4 is 0 Å². The van der Waals surface area contributed by atoms with Crippen LogP contribution in [-0.2, 0) is 5.92 Å². The third-order valence-electron chi connectivity index (χ3n) is 3.68. The molecule has 5 heteroatoms. The summed E-state index contributed by atoms with van der Waals surface area (Å²) >= 11 is 0. The second kappa shape index (κ2) is 7.11. The van der Waals surface area contributed by atoms with Crippen LogP contribution < -0.4 is 5.32 Å². The number of alkyl halides is 2. The Kier molecular flexibility index (Phi) is 5.46. The zero-order valence-electron chi connectivity index (χ0n) is 11.6. The van der Waals surface area contributed by atoms with E-state index in [1.807, 2.05) is 0 Å². The van der Waals surface area contributed by atoms with Gasteiger partial charge in [-0.05, 0) is 19.4 Å². The highest BCUT2D eigenvalue weighted by atomic mass is 19.3. The number of halogens is 2. The molecular weight excluding hydrogens is 262 g/mol. The number of rotatable bonds is 7. The van der Waals surface area contributed by atoms with Gasteiger partial charge < -0.3 is 10.4 Å². The Morgan fingerprint density at radius 1 is 1.30 bits per heavy atom. The van der Waals surface area contributed by atoms with E-state index in [2.05, 4.69) is 5.32 Å². The summed E-state index contributed by atoms with van der Waals surface area (Å²) in [5.74, 6) is -2.89. The van der Waals surface area contributed by atoms with Crippen LogP contribution in [0, 0.1) is 0 Å². The highest BCUT2D eigenvalue weighted by Gasteiger charge is 2.34. The van der Waals surface area contributed by atoms with Crippen molar-refractivity contribution in [3.8, 4) is 0 Å². The van der Waals surface area contributed by atoms with E-state index in [9.17, 15) is 8.78 Å². The zero-order chi connectivity index (χ0) is 14.4. The second-order valence-electron chi connectivity index (χ2n) is 5.32. The first kappa shape index (κ1) is 15.4. The normalized spacial score (nSPS) is 19.7. The fourth-order valence-electron chi connectivity index (χ4n) is 2.65. The Morgan fingerprint density at radius 2 is 2.05 bits per heavy atom. The van der Waals surface area contributed by atoms with Crippen LogP contribution in [0.5, 0.6) is 0 Å². The SMILES string of the molecule is OCCN(CC1CCCN1)CC(F)(F)c1ccccc1. The van der Waals surface area contributed by atoms with Crippen molar-refractivity contribution in [3.05, 3.63) is 35.9 Å². The number of nitrogens with zero attached hydrogens (tertiary/aromatic N) is 1. The first-order chi connectivity index (χ1) is 9.62. The molecule has 1 aromatic carbocycles. The lowest BCUT2D eigenvalue weighted by Gasteiger charge is -2.29. The van der Waals surface area contributed by atoms with E-state index in [-0.39, 0.29) is 31.3 Å². The number of hydrogen-bond donors (Lipinski definition) is 2. The average Bonchev–Trinajstić information content (AvgIpc) is 2.92. The van der Waals surface area contributed by atoms with Crippen molar-refractivity contribution in [1.29, 1.82) is 0 Å². The van der Waals surface area contributed by atoms with Gasteiger partial charge in [0, 0.05) is 24.7 Å². The van der Waals surface area contributed by atoms with Crippen LogP contribution in [0.15, 0.2) is 30.3 Å². The van der Waals surface area contributed by atoms with Crippen molar-refractivity contribution in [1.82, 2.24) is 10.2 Å². The van der Waals surface area contributed by atoms with E-state index in [0.29, 0.717) is 6.54 Å². The molecule has 1 atom stereocenters. The topological polar surface area (TPSA) is 35.5 Å². The van der Waals surface area contributed by atoms with Crippen LogP contribution in [0.3, 0.4) is 0 Å². The fourth-order valence-corrected chi connectivity index (χ4v) is 2.65. The average molecular weight is 284 g/mol. The second-order valence-corrected chi connectivity index (χ2v) is 5.32. The largest absolute Gasteiger partial charge is 0.395 e. The summed E-state index contributed by atoms with van der Waals surface area (Å²) in [6.07, 6.45) is 2.10. The molecule has 0 radical (unpaired) electrons. The van der Waals surface area contributed by atoms with Crippen LogP contribution in [0.25, 0.3) is 0 Å². The molecule has 0 aromatic heterocycles. The molecule has 1 aromatic rings. The van der Waals surface area contributed by atoms with Gasteiger partial charge in [0.1, 0.15) is 0 Å². The summed E-state index contributed by atoms with van der Waals surface area (Å²) in [6.45, 7) is 1.34. The van der Waals surface area contributed by atoms with Gasteiger partial charge in [0.05, 0.1) is 13.2 Å². The molecule has 20 heavy (non-hydrogen) atoms. The highest BCUT2D eigenvalue weighted by molar-refractivity contribution is 5.20. The summed E-state index contributed by atoms with van der Waals surface area (Å²) in [5.41, 5.74) is 0.0299. The number of hydrogen-bond acceptors (Lipinski definition) is 3. The molecule has 1 aliphatic rings. The maximum Gasteiger partial charge on any atom is 0.285 e. The van der Waals surface area contributed by atoms with Gasteiger partial charge in [0.15, 0.2) is 0 Å². The minimum Gasteiger partial charge on any atom is -0.395 e. The first-order valence-corrected chi connectivity index (χ1v) is 7.12. The maximum atomic E-state index is 14.3. The number of nitrogens with one attached hydrogen (secondary N) is 1. The Balaban J connectivity index is 1.98. The van der Waals surface area contributed by atoms with Gasteiger partial charge in [0.25, 0.3) is 5.92 Å². The van der Waals surface area contributed by atoms with Gasteiger partial charge in [0.2, 0.25) is 0 Å². The van der Waals surface area contributed by atoms with Crippen LogP contribution in [0.4, 0.5) is 8.78 Å². The Hall–Kier alpha value is -1.04. The molecule has 1 heterocycles. The predicted molar refractivity (Wildman–Crippen MR) is 74.9 cm³/mol. The molecule has 1 unspecified atom stereocenters. The van der Waals surface area contributed by atoms with Crippen molar-refractivity contribution in [3.63, 3.8) is 0 Å². The Labute approximate surface area is 118 Å². The molecule has 2 rings (SSSR count). The summed E-state index contributed by atoms with van der Waals surface area (Å²) in [6, 6.07) is 8.13. The molecule has 0 saturated carbocycles. The maximum absolute atomic E-state index is 14.3. The molecule has 0 bridgehead atoms. The van der Waals surface area contributed by atoms with Crippen molar-refractivity contribution in [2.75, 3.05) is 32.8 Å². The molecule has 0 spiro atoms. The molecule has 0 aliphatic carbocycles. The summed E-state index contributed by atoms with van der Waals surface area (Å²) in [5, 5.41) is 12.4. The van der Waals surface area contributed by atoms with Gasteiger partial charge in [-0.15, -0.1) is 0 Å². The lowest BCUT2D eigenvalue weighted by molar-refractivity contribution is -0.0418. The summed E-state index contributed by atoms with van der Waals surface area (Å²) < 4.78 is 28.5. The summed E-state index contributed by atoms with van der Waals surface area (Å²) in [4.78, 5) is 1.65. The third kappa shape index (κ3) is 4.23. The molecule has 1 fully saturated rings. The molecule has 2 N–H and O–H groups in total. The predicted octanol–water partition coefficient (Wildman–Crippen LogP) is 1.82. The van der Waals surface area contributed by atoms with Gasteiger partial charge in [-0.1, -0.05) is 30.3 Å². The zero-order valence-corrected chi connectivity index (χ0v) is 11.6. The Bertz CT molecular complexity index is 394. The van der Waals surface area contributed by atoms with Gasteiger partial charge in [-0.2, -0.15) is 8.78 Å². The van der Waals surface area contributed by atoms with Gasteiger partial charge >= 0.3 is 0 Å². The molecule has 112 valence electrons. The number of benzene rings is 1. The van der Waals surface area contributed by atoms with Crippen molar-refractivity contribution in [2.45, 2.75) is 24.8 Å². The lowest BCUT2D eigenvalue weighted by Crippen LogP contribution is -2.43. The van der Waals surface area contributed by atoms with E-state index >= 15 is 0 Å². The lowest BCUT2D eigenvalue weighted by atomic mass is 10.1. The smallest absolute Gasteiger partial charge is 0.285 e. The third-order valence-corrected chi connectivity index (χ3v) is 3.68. The quantitative estimate of drug-likeness (QED) is 0.802.